The van der Waals surface area contributed by atoms with Crippen LogP contribution in [0.3, 0.4) is 0 Å². The van der Waals surface area contributed by atoms with Gasteiger partial charge in [-0.2, -0.15) is 0 Å². The molecule has 0 amide bonds. The van der Waals surface area contributed by atoms with E-state index in [-0.39, 0.29) is 0 Å². The third-order valence-electron chi connectivity index (χ3n) is 5.73. The van der Waals surface area contributed by atoms with Gasteiger partial charge in [-0.25, -0.2) is 0 Å². The Morgan fingerprint density at radius 2 is 1.73 bits per heavy atom. The molecule has 1 heterocycles. The van der Waals surface area contributed by atoms with E-state index in [1.54, 1.807) is 0 Å². The Morgan fingerprint density at radius 3 is 2.36 bits per heavy atom. The van der Waals surface area contributed by atoms with Crippen molar-refractivity contribution < 1.29 is 0 Å². The molecule has 0 radical (unpaired) electrons. The minimum Gasteiger partial charge on any atom is -0.356 e. The van der Waals surface area contributed by atoms with Gasteiger partial charge in [0.15, 0.2) is 5.96 Å². The smallest absolute Gasteiger partial charge is 0.191 e. The van der Waals surface area contributed by atoms with E-state index in [4.69, 9.17) is 0 Å². The summed E-state index contributed by atoms with van der Waals surface area (Å²) >= 11 is 0. The lowest BCUT2D eigenvalue weighted by Crippen LogP contribution is -2.51. The second-order valence-corrected chi connectivity index (χ2v) is 7.48. The Bertz CT molecular complexity index is 350. The molecule has 2 aliphatic carbocycles. The van der Waals surface area contributed by atoms with Crippen LogP contribution in [0.1, 0.15) is 64.2 Å². The molecule has 0 aromatic carbocycles. The zero-order valence-electron chi connectivity index (χ0n) is 14.3. The largest absolute Gasteiger partial charge is 0.356 e. The van der Waals surface area contributed by atoms with Crippen LogP contribution in [0.5, 0.6) is 0 Å². The molecule has 126 valence electrons. The Kier molecular flexibility index (Phi) is 5.99. The number of likely N-dealkylation sites (tertiary alicyclic amines) is 1. The number of hydrogen-bond acceptors (Lipinski definition) is 2. The van der Waals surface area contributed by atoms with Gasteiger partial charge in [0.25, 0.3) is 0 Å². The lowest BCUT2D eigenvalue weighted by molar-refractivity contribution is 0.119. The summed E-state index contributed by atoms with van der Waals surface area (Å²) in [6, 6.07) is 1.48. The van der Waals surface area contributed by atoms with Crippen molar-refractivity contribution in [1.29, 1.82) is 0 Å². The van der Waals surface area contributed by atoms with Crippen LogP contribution in [0.15, 0.2) is 4.99 Å². The van der Waals surface area contributed by atoms with Crippen LogP contribution < -0.4 is 10.6 Å². The van der Waals surface area contributed by atoms with Gasteiger partial charge < -0.3 is 15.5 Å². The zero-order chi connectivity index (χ0) is 15.2. The highest BCUT2D eigenvalue weighted by atomic mass is 15.2. The van der Waals surface area contributed by atoms with Crippen LogP contribution in [0.4, 0.5) is 0 Å². The molecule has 4 heteroatoms. The fourth-order valence-corrected chi connectivity index (χ4v) is 4.04. The number of guanidine groups is 1. The van der Waals surface area contributed by atoms with Crippen molar-refractivity contribution >= 4 is 5.96 Å². The first-order valence-electron chi connectivity index (χ1n) is 9.56. The van der Waals surface area contributed by atoms with Gasteiger partial charge in [0.05, 0.1) is 0 Å². The monoisotopic (exact) mass is 306 g/mol. The highest BCUT2D eigenvalue weighted by Crippen LogP contribution is 2.31. The molecule has 3 rings (SSSR count). The van der Waals surface area contributed by atoms with Crippen molar-refractivity contribution in [1.82, 2.24) is 15.5 Å². The molecule has 0 bridgehead atoms. The van der Waals surface area contributed by atoms with Crippen LogP contribution in [0.25, 0.3) is 0 Å². The molecular formula is C18H34N4. The number of aliphatic imine (C=N–C) groups is 1. The third kappa shape index (κ3) is 4.87. The molecule has 22 heavy (non-hydrogen) atoms. The van der Waals surface area contributed by atoms with Gasteiger partial charge in [-0.15, -0.1) is 0 Å². The van der Waals surface area contributed by atoms with Crippen molar-refractivity contribution in [3.63, 3.8) is 0 Å². The fourth-order valence-electron chi connectivity index (χ4n) is 4.04. The predicted molar refractivity (Wildman–Crippen MR) is 93.3 cm³/mol. The quantitative estimate of drug-likeness (QED) is 0.606. The normalized spacial score (nSPS) is 26.1. The van der Waals surface area contributed by atoms with Gasteiger partial charge in [-0.3, -0.25) is 4.99 Å². The molecule has 0 aromatic heterocycles. The lowest BCUT2D eigenvalue weighted by Gasteiger charge is -2.39. The Hall–Kier alpha value is -0.770. The molecule has 4 nitrogen and oxygen atoms in total. The Labute approximate surface area is 136 Å². The number of nitrogens with one attached hydrogen (secondary N) is 2. The first-order chi connectivity index (χ1) is 10.8. The van der Waals surface area contributed by atoms with Crippen LogP contribution in [-0.4, -0.2) is 49.6 Å². The number of nitrogens with zero attached hydrogens (tertiary/aromatic N) is 2. The molecule has 3 aliphatic rings. The predicted octanol–water partition coefficient (Wildman–Crippen LogP) is 2.75. The van der Waals surface area contributed by atoms with Gasteiger partial charge in [-0.1, -0.05) is 32.1 Å². The van der Waals surface area contributed by atoms with E-state index in [2.05, 4.69) is 20.5 Å². The average molecular weight is 306 g/mol. The third-order valence-corrected chi connectivity index (χ3v) is 5.73. The standard InChI is InChI=1S/C18H34N4/c1-19-18(20-12-9-15-7-8-15)21-16-10-13-22(14-11-16)17-5-3-2-4-6-17/h15-17H,2-14H2,1H3,(H2,19,20,21). The fraction of sp³-hybridized carbons (Fsp3) is 0.944. The minimum atomic E-state index is 0.604. The molecule has 1 saturated heterocycles. The second kappa shape index (κ2) is 8.19. The van der Waals surface area contributed by atoms with E-state index < -0.39 is 0 Å². The van der Waals surface area contributed by atoms with Crippen LogP contribution in [0.2, 0.25) is 0 Å². The maximum absolute atomic E-state index is 4.39. The molecule has 2 saturated carbocycles. The summed E-state index contributed by atoms with van der Waals surface area (Å²) in [6.07, 6.45) is 13.9. The molecular weight excluding hydrogens is 272 g/mol. The van der Waals surface area contributed by atoms with Crippen molar-refractivity contribution in [3.05, 3.63) is 0 Å². The summed E-state index contributed by atoms with van der Waals surface area (Å²) in [7, 11) is 1.89. The molecule has 3 fully saturated rings. The first kappa shape index (κ1) is 16.1. The maximum atomic E-state index is 4.39. The second-order valence-electron chi connectivity index (χ2n) is 7.48. The highest BCUT2D eigenvalue weighted by molar-refractivity contribution is 5.79. The van der Waals surface area contributed by atoms with Crippen LogP contribution in [0, 0.1) is 5.92 Å². The summed E-state index contributed by atoms with van der Waals surface area (Å²) in [5.41, 5.74) is 0. The van der Waals surface area contributed by atoms with Gasteiger partial charge >= 0.3 is 0 Å². The van der Waals surface area contributed by atoms with Gasteiger partial charge in [0, 0.05) is 38.8 Å². The van der Waals surface area contributed by atoms with E-state index in [1.807, 2.05) is 7.05 Å². The van der Waals surface area contributed by atoms with E-state index in [0.717, 1.165) is 24.5 Å². The Morgan fingerprint density at radius 1 is 1.00 bits per heavy atom. The van der Waals surface area contributed by atoms with Gasteiger partial charge in [0.2, 0.25) is 0 Å². The molecule has 0 unspecified atom stereocenters. The van der Waals surface area contributed by atoms with Crippen molar-refractivity contribution in [3.8, 4) is 0 Å². The zero-order valence-corrected chi connectivity index (χ0v) is 14.3. The average Bonchev–Trinajstić information content (AvgIpc) is 3.40. The van der Waals surface area contributed by atoms with E-state index >= 15 is 0 Å². The summed E-state index contributed by atoms with van der Waals surface area (Å²) in [6.45, 7) is 3.61. The maximum Gasteiger partial charge on any atom is 0.191 e. The topological polar surface area (TPSA) is 39.7 Å². The summed E-state index contributed by atoms with van der Waals surface area (Å²) in [5.74, 6) is 2.00. The molecule has 0 atom stereocenters. The minimum absolute atomic E-state index is 0.604. The highest BCUT2D eigenvalue weighted by Gasteiger charge is 2.26. The van der Waals surface area contributed by atoms with Crippen molar-refractivity contribution in [2.45, 2.75) is 76.3 Å². The van der Waals surface area contributed by atoms with Crippen LogP contribution in [-0.2, 0) is 0 Å². The number of rotatable bonds is 5. The Balaban J connectivity index is 1.34. The van der Waals surface area contributed by atoms with E-state index in [0.29, 0.717) is 6.04 Å². The van der Waals surface area contributed by atoms with Crippen LogP contribution >= 0.6 is 0 Å². The van der Waals surface area contributed by atoms with Crippen molar-refractivity contribution in [2.24, 2.45) is 10.9 Å². The van der Waals surface area contributed by atoms with Gasteiger partial charge in [-0.05, 0) is 38.0 Å². The molecule has 1 aliphatic heterocycles. The lowest BCUT2D eigenvalue weighted by atomic mass is 9.92. The number of hydrogen-bond donors (Lipinski definition) is 2. The van der Waals surface area contributed by atoms with Crippen molar-refractivity contribution in [2.75, 3.05) is 26.7 Å². The molecule has 0 spiro atoms. The summed E-state index contributed by atoms with van der Waals surface area (Å²) < 4.78 is 0. The van der Waals surface area contributed by atoms with E-state index in [9.17, 15) is 0 Å². The molecule has 0 aromatic rings. The summed E-state index contributed by atoms with van der Waals surface area (Å²) in [5, 5.41) is 7.12. The van der Waals surface area contributed by atoms with E-state index in [1.165, 1.54) is 77.3 Å². The number of piperidine rings is 1. The molecule has 2 N–H and O–H groups in total. The summed E-state index contributed by atoms with van der Waals surface area (Å²) in [4.78, 5) is 7.14. The van der Waals surface area contributed by atoms with Gasteiger partial charge in [0.1, 0.15) is 0 Å². The first-order valence-corrected chi connectivity index (χ1v) is 9.56. The SMILES string of the molecule is CN=C(NCCC1CC1)NC1CCN(C2CCCCC2)CC1.